The molecule has 0 unspecified atom stereocenters. The van der Waals surface area contributed by atoms with E-state index < -0.39 is 0 Å². The first-order chi connectivity index (χ1) is 9.78. The topological polar surface area (TPSA) is 68.2 Å². The Hall–Kier alpha value is -1.40. The fourth-order valence-corrected chi connectivity index (χ4v) is 3.12. The molecule has 3 rings (SSSR count). The van der Waals surface area contributed by atoms with E-state index in [9.17, 15) is 4.79 Å². The monoisotopic (exact) mass is 278 g/mol. The van der Waals surface area contributed by atoms with E-state index in [1.54, 1.807) is 13.2 Å². The van der Waals surface area contributed by atoms with Crippen LogP contribution in [0.4, 0.5) is 0 Å². The minimum Gasteiger partial charge on any atom is -0.378 e. The zero-order valence-corrected chi connectivity index (χ0v) is 11.8. The molecular formula is C14H22N4O2. The number of aromatic nitrogens is 2. The summed E-state index contributed by atoms with van der Waals surface area (Å²) in [7, 11) is 1.67. The van der Waals surface area contributed by atoms with Crippen LogP contribution < -0.4 is 10.6 Å². The minimum absolute atomic E-state index is 0.0177. The Bertz CT molecular complexity index is 467. The van der Waals surface area contributed by atoms with Crippen LogP contribution in [0.5, 0.6) is 0 Å². The summed E-state index contributed by atoms with van der Waals surface area (Å²) < 4.78 is 7.29. The van der Waals surface area contributed by atoms with Crippen molar-refractivity contribution in [2.75, 3.05) is 20.2 Å². The summed E-state index contributed by atoms with van der Waals surface area (Å²) in [5, 5.41) is 10.6. The first kappa shape index (κ1) is 13.6. The third-order valence-corrected chi connectivity index (χ3v) is 4.32. The van der Waals surface area contributed by atoms with Crippen molar-refractivity contribution in [3.63, 3.8) is 0 Å². The van der Waals surface area contributed by atoms with E-state index in [1.165, 1.54) is 25.7 Å². The molecule has 2 fully saturated rings. The second-order valence-corrected chi connectivity index (χ2v) is 5.63. The van der Waals surface area contributed by atoms with E-state index in [0.29, 0.717) is 11.7 Å². The number of nitrogens with one attached hydrogen (secondary N) is 2. The molecule has 1 aliphatic heterocycles. The van der Waals surface area contributed by atoms with Crippen molar-refractivity contribution >= 4 is 5.91 Å². The highest BCUT2D eigenvalue weighted by Crippen LogP contribution is 2.28. The fourth-order valence-electron chi connectivity index (χ4n) is 3.12. The SMILES string of the molecule is CO[C@H]1CNC[C@H]1NC(=O)c1ccn(C2CCCC2)n1. The Morgan fingerprint density at radius 1 is 1.45 bits per heavy atom. The second kappa shape index (κ2) is 5.93. The van der Waals surface area contributed by atoms with Crippen molar-refractivity contribution in [2.45, 2.75) is 43.9 Å². The van der Waals surface area contributed by atoms with Crippen molar-refractivity contribution in [1.82, 2.24) is 20.4 Å². The lowest BCUT2D eigenvalue weighted by Gasteiger charge is -2.17. The van der Waals surface area contributed by atoms with Crippen LogP contribution in [0.25, 0.3) is 0 Å². The highest BCUT2D eigenvalue weighted by Gasteiger charge is 2.29. The molecule has 2 N–H and O–H groups in total. The molecule has 20 heavy (non-hydrogen) atoms. The maximum atomic E-state index is 12.2. The van der Waals surface area contributed by atoms with E-state index in [2.05, 4.69) is 15.7 Å². The third-order valence-electron chi connectivity index (χ3n) is 4.32. The van der Waals surface area contributed by atoms with Crippen molar-refractivity contribution in [2.24, 2.45) is 0 Å². The molecule has 1 aliphatic carbocycles. The first-order valence-electron chi connectivity index (χ1n) is 7.37. The number of ether oxygens (including phenoxy) is 1. The van der Waals surface area contributed by atoms with Gasteiger partial charge in [0.05, 0.1) is 18.2 Å². The third kappa shape index (κ3) is 2.71. The lowest BCUT2D eigenvalue weighted by atomic mass is 10.2. The summed E-state index contributed by atoms with van der Waals surface area (Å²) in [5.41, 5.74) is 0.499. The fraction of sp³-hybridized carbons (Fsp3) is 0.714. The zero-order chi connectivity index (χ0) is 13.9. The van der Waals surface area contributed by atoms with Gasteiger partial charge in [-0.3, -0.25) is 9.48 Å². The van der Waals surface area contributed by atoms with Crippen LogP contribution in [0.15, 0.2) is 12.3 Å². The minimum atomic E-state index is -0.113. The standard InChI is InChI=1S/C14H22N4O2/c1-20-13-9-15-8-12(13)16-14(19)11-6-7-18(17-11)10-4-2-3-5-10/h6-7,10,12-13,15H,2-5,8-9H2,1H3,(H,16,19)/t12-,13+/m1/s1. The quantitative estimate of drug-likeness (QED) is 0.851. The Balaban J connectivity index is 1.62. The van der Waals surface area contributed by atoms with Crippen molar-refractivity contribution in [3.05, 3.63) is 18.0 Å². The van der Waals surface area contributed by atoms with Crippen LogP contribution in [0.1, 0.15) is 42.2 Å². The van der Waals surface area contributed by atoms with Crippen LogP contribution in [0.2, 0.25) is 0 Å². The van der Waals surface area contributed by atoms with Gasteiger partial charge < -0.3 is 15.4 Å². The molecule has 1 aromatic rings. The highest BCUT2D eigenvalue weighted by molar-refractivity contribution is 5.92. The van der Waals surface area contributed by atoms with Gasteiger partial charge in [-0.05, 0) is 18.9 Å². The van der Waals surface area contributed by atoms with Crippen LogP contribution in [-0.4, -0.2) is 48.0 Å². The van der Waals surface area contributed by atoms with Gasteiger partial charge in [0.15, 0.2) is 0 Å². The van der Waals surface area contributed by atoms with Gasteiger partial charge in [-0.15, -0.1) is 0 Å². The number of carbonyl (C=O) groups is 1. The summed E-state index contributed by atoms with van der Waals surface area (Å²) in [5.74, 6) is -0.113. The molecule has 2 atom stereocenters. The number of carbonyl (C=O) groups excluding carboxylic acids is 1. The number of hydrogen-bond acceptors (Lipinski definition) is 4. The summed E-state index contributed by atoms with van der Waals surface area (Å²) in [6, 6.07) is 2.29. The lowest BCUT2D eigenvalue weighted by Crippen LogP contribution is -2.43. The second-order valence-electron chi connectivity index (χ2n) is 5.63. The van der Waals surface area contributed by atoms with Gasteiger partial charge in [0.2, 0.25) is 0 Å². The van der Waals surface area contributed by atoms with Gasteiger partial charge in [-0.2, -0.15) is 5.10 Å². The summed E-state index contributed by atoms with van der Waals surface area (Å²) in [4.78, 5) is 12.2. The molecule has 2 aliphatic rings. The van der Waals surface area contributed by atoms with Crippen LogP contribution in [-0.2, 0) is 4.74 Å². The van der Waals surface area contributed by atoms with Crippen molar-refractivity contribution < 1.29 is 9.53 Å². The maximum Gasteiger partial charge on any atom is 0.272 e. The zero-order valence-electron chi connectivity index (χ0n) is 11.8. The summed E-state index contributed by atoms with van der Waals surface area (Å²) >= 11 is 0. The smallest absolute Gasteiger partial charge is 0.272 e. The molecule has 1 aromatic heterocycles. The van der Waals surface area contributed by atoms with Crippen LogP contribution >= 0.6 is 0 Å². The normalized spacial score (nSPS) is 27.1. The van der Waals surface area contributed by atoms with Gasteiger partial charge in [-0.1, -0.05) is 12.8 Å². The Morgan fingerprint density at radius 2 is 2.25 bits per heavy atom. The summed E-state index contributed by atoms with van der Waals surface area (Å²) in [6.45, 7) is 1.52. The van der Waals surface area contributed by atoms with Gasteiger partial charge in [0.25, 0.3) is 5.91 Å². The first-order valence-corrected chi connectivity index (χ1v) is 7.37. The van der Waals surface area contributed by atoms with E-state index >= 15 is 0 Å². The molecule has 6 heteroatoms. The van der Waals surface area contributed by atoms with E-state index in [4.69, 9.17) is 4.74 Å². The molecule has 0 spiro atoms. The Kier molecular flexibility index (Phi) is 4.03. The number of amides is 1. The van der Waals surface area contributed by atoms with Gasteiger partial charge >= 0.3 is 0 Å². The van der Waals surface area contributed by atoms with Gasteiger partial charge in [0.1, 0.15) is 5.69 Å². The molecule has 1 saturated carbocycles. The molecule has 1 saturated heterocycles. The molecule has 2 heterocycles. The van der Waals surface area contributed by atoms with Gasteiger partial charge in [0, 0.05) is 26.4 Å². The van der Waals surface area contributed by atoms with E-state index in [0.717, 1.165) is 13.1 Å². The van der Waals surface area contributed by atoms with Gasteiger partial charge in [-0.25, -0.2) is 0 Å². The average Bonchev–Trinajstić information content (AvgIpc) is 3.19. The average molecular weight is 278 g/mol. The highest BCUT2D eigenvalue weighted by atomic mass is 16.5. The van der Waals surface area contributed by atoms with Crippen LogP contribution in [0.3, 0.4) is 0 Å². The largest absolute Gasteiger partial charge is 0.378 e. The van der Waals surface area contributed by atoms with Crippen molar-refractivity contribution in [3.8, 4) is 0 Å². The van der Waals surface area contributed by atoms with Crippen LogP contribution in [0, 0.1) is 0 Å². The number of rotatable bonds is 4. The number of methoxy groups -OCH3 is 1. The molecular weight excluding hydrogens is 256 g/mol. The lowest BCUT2D eigenvalue weighted by molar-refractivity contribution is 0.0775. The molecule has 0 bridgehead atoms. The number of nitrogens with zero attached hydrogens (tertiary/aromatic N) is 2. The predicted molar refractivity (Wildman–Crippen MR) is 74.7 cm³/mol. The van der Waals surface area contributed by atoms with Crippen molar-refractivity contribution in [1.29, 1.82) is 0 Å². The van der Waals surface area contributed by atoms with E-state index in [1.807, 2.05) is 10.9 Å². The molecule has 1 amide bonds. The summed E-state index contributed by atoms with van der Waals surface area (Å²) in [6.07, 6.45) is 6.81. The maximum absolute atomic E-state index is 12.2. The molecule has 110 valence electrons. The Morgan fingerprint density at radius 3 is 3.00 bits per heavy atom. The molecule has 0 radical (unpaired) electrons. The molecule has 0 aromatic carbocycles. The van der Waals surface area contributed by atoms with E-state index in [-0.39, 0.29) is 18.1 Å². The number of hydrogen-bond donors (Lipinski definition) is 2. The predicted octanol–water partition coefficient (Wildman–Crippen LogP) is 0.715. The Labute approximate surface area is 118 Å². The molecule has 6 nitrogen and oxygen atoms in total.